The highest BCUT2D eigenvalue weighted by atomic mass is 19.1. The van der Waals surface area contributed by atoms with Crippen molar-refractivity contribution < 1.29 is 13.9 Å². The summed E-state index contributed by atoms with van der Waals surface area (Å²) in [6, 6.07) is 12.2. The van der Waals surface area contributed by atoms with E-state index in [0.29, 0.717) is 17.9 Å². The van der Waals surface area contributed by atoms with E-state index in [4.69, 9.17) is 10.5 Å². The van der Waals surface area contributed by atoms with E-state index < -0.39 is 5.91 Å². The lowest BCUT2D eigenvalue weighted by atomic mass is 10.1. The van der Waals surface area contributed by atoms with Crippen LogP contribution in [0.25, 0.3) is 0 Å². The Morgan fingerprint density at radius 1 is 1.29 bits per heavy atom. The molecule has 0 saturated carbocycles. The van der Waals surface area contributed by atoms with Crippen molar-refractivity contribution in [3.63, 3.8) is 0 Å². The van der Waals surface area contributed by atoms with Crippen molar-refractivity contribution in [2.24, 2.45) is 5.73 Å². The first-order valence-electron chi connectivity index (χ1n) is 6.54. The van der Waals surface area contributed by atoms with Crippen molar-refractivity contribution in [2.75, 3.05) is 11.9 Å². The number of carbonyl (C=O) groups is 1. The molecule has 0 aliphatic heterocycles. The molecular weight excluding hydrogens is 271 g/mol. The summed E-state index contributed by atoms with van der Waals surface area (Å²) in [7, 11) is 0. The largest absolute Gasteiger partial charge is 0.484 e. The summed E-state index contributed by atoms with van der Waals surface area (Å²) in [6.07, 6.45) is 0. The number of halogens is 1. The minimum Gasteiger partial charge on any atom is -0.484 e. The Balaban J connectivity index is 1.97. The normalized spacial score (nSPS) is 10.2. The second-order valence-corrected chi connectivity index (χ2v) is 4.72. The third-order valence-electron chi connectivity index (χ3n) is 2.93. The topological polar surface area (TPSA) is 64.3 Å². The Labute approximate surface area is 122 Å². The Bertz CT molecular complexity index is 644. The number of aryl methyl sites for hydroxylation is 1. The summed E-state index contributed by atoms with van der Waals surface area (Å²) in [5.74, 6) is -0.162. The number of anilines is 1. The first-order chi connectivity index (χ1) is 10.0. The molecule has 21 heavy (non-hydrogen) atoms. The zero-order valence-corrected chi connectivity index (χ0v) is 11.7. The van der Waals surface area contributed by atoms with Gasteiger partial charge in [-0.3, -0.25) is 4.79 Å². The Kier molecular flexibility index (Phi) is 4.77. The molecule has 0 aliphatic carbocycles. The van der Waals surface area contributed by atoms with Gasteiger partial charge in [0.2, 0.25) is 0 Å². The number of carbonyl (C=O) groups excluding carboxylic acids is 1. The number of nitrogens with one attached hydrogen (secondary N) is 1. The highest BCUT2D eigenvalue weighted by Gasteiger charge is 2.01. The van der Waals surface area contributed by atoms with Gasteiger partial charge in [0, 0.05) is 18.3 Å². The molecule has 0 aromatic heterocycles. The quantitative estimate of drug-likeness (QED) is 0.858. The van der Waals surface area contributed by atoms with E-state index in [9.17, 15) is 9.18 Å². The van der Waals surface area contributed by atoms with Gasteiger partial charge in [-0.1, -0.05) is 18.2 Å². The monoisotopic (exact) mass is 288 g/mol. The van der Waals surface area contributed by atoms with Crippen LogP contribution in [0.5, 0.6) is 5.75 Å². The molecule has 4 nitrogen and oxygen atoms in total. The average molecular weight is 288 g/mol. The van der Waals surface area contributed by atoms with Crippen molar-refractivity contribution in [3.8, 4) is 5.75 Å². The van der Waals surface area contributed by atoms with Gasteiger partial charge >= 0.3 is 0 Å². The van der Waals surface area contributed by atoms with Gasteiger partial charge in [-0.2, -0.15) is 0 Å². The minimum atomic E-state index is -0.518. The van der Waals surface area contributed by atoms with Gasteiger partial charge < -0.3 is 15.8 Å². The van der Waals surface area contributed by atoms with Gasteiger partial charge in [-0.25, -0.2) is 4.39 Å². The fraction of sp³-hybridized carbons (Fsp3) is 0.188. The number of ether oxygens (including phenoxy) is 1. The van der Waals surface area contributed by atoms with Crippen molar-refractivity contribution in [1.82, 2.24) is 0 Å². The van der Waals surface area contributed by atoms with Gasteiger partial charge in [0.1, 0.15) is 11.6 Å². The lowest BCUT2D eigenvalue weighted by Crippen LogP contribution is -2.20. The molecule has 0 heterocycles. The standard InChI is InChI=1S/C16H17FN2O2/c1-11-7-12(5-6-15(11)17)9-19-13-3-2-4-14(8-13)21-10-16(18)20/h2-8,19H,9-10H2,1H3,(H2,18,20). The Hall–Kier alpha value is -2.56. The molecule has 0 unspecified atom stereocenters. The number of amides is 1. The Morgan fingerprint density at radius 3 is 2.81 bits per heavy atom. The highest BCUT2D eigenvalue weighted by molar-refractivity contribution is 5.75. The van der Waals surface area contributed by atoms with E-state index in [1.807, 2.05) is 12.1 Å². The third-order valence-corrected chi connectivity index (χ3v) is 2.93. The van der Waals surface area contributed by atoms with Crippen LogP contribution in [0.4, 0.5) is 10.1 Å². The fourth-order valence-corrected chi connectivity index (χ4v) is 1.87. The molecule has 0 atom stereocenters. The van der Waals surface area contributed by atoms with E-state index in [1.54, 1.807) is 31.2 Å². The van der Waals surface area contributed by atoms with Crippen molar-refractivity contribution in [1.29, 1.82) is 0 Å². The molecule has 0 radical (unpaired) electrons. The summed E-state index contributed by atoms with van der Waals surface area (Å²) >= 11 is 0. The molecule has 2 rings (SSSR count). The summed E-state index contributed by atoms with van der Waals surface area (Å²) in [6.45, 7) is 2.15. The first-order valence-corrected chi connectivity index (χ1v) is 6.54. The van der Waals surface area contributed by atoms with Crippen LogP contribution in [0.1, 0.15) is 11.1 Å². The molecule has 0 aliphatic rings. The lowest BCUT2D eigenvalue weighted by Gasteiger charge is -2.10. The van der Waals surface area contributed by atoms with Gasteiger partial charge in [0.25, 0.3) is 5.91 Å². The molecule has 0 bridgehead atoms. The number of hydrogen-bond acceptors (Lipinski definition) is 3. The number of primary amides is 1. The van der Waals surface area contributed by atoms with Crippen LogP contribution in [-0.2, 0) is 11.3 Å². The molecule has 0 saturated heterocycles. The lowest BCUT2D eigenvalue weighted by molar-refractivity contribution is -0.119. The molecule has 110 valence electrons. The van der Waals surface area contributed by atoms with E-state index in [0.717, 1.165) is 11.3 Å². The van der Waals surface area contributed by atoms with Crippen LogP contribution in [0.2, 0.25) is 0 Å². The minimum absolute atomic E-state index is 0.152. The van der Waals surface area contributed by atoms with E-state index in [2.05, 4.69) is 5.32 Å². The third kappa shape index (κ3) is 4.49. The number of benzene rings is 2. The average Bonchev–Trinajstić information content (AvgIpc) is 2.47. The molecule has 2 aromatic rings. The smallest absolute Gasteiger partial charge is 0.255 e. The number of rotatable bonds is 6. The molecule has 0 fully saturated rings. The predicted octanol–water partition coefficient (Wildman–Crippen LogP) is 2.61. The van der Waals surface area contributed by atoms with Gasteiger partial charge in [-0.05, 0) is 36.2 Å². The molecule has 1 amide bonds. The second kappa shape index (κ2) is 6.74. The zero-order valence-electron chi connectivity index (χ0n) is 11.7. The van der Waals surface area contributed by atoms with Crippen molar-refractivity contribution in [3.05, 3.63) is 59.4 Å². The van der Waals surface area contributed by atoms with Crippen LogP contribution >= 0.6 is 0 Å². The molecule has 0 spiro atoms. The first kappa shape index (κ1) is 14.8. The summed E-state index contributed by atoms with van der Waals surface area (Å²) in [4.78, 5) is 10.7. The van der Waals surface area contributed by atoms with Crippen LogP contribution in [0.15, 0.2) is 42.5 Å². The van der Waals surface area contributed by atoms with Gasteiger partial charge in [0.05, 0.1) is 0 Å². The molecule has 2 aromatic carbocycles. The van der Waals surface area contributed by atoms with Crippen molar-refractivity contribution in [2.45, 2.75) is 13.5 Å². The van der Waals surface area contributed by atoms with Crippen LogP contribution in [0.3, 0.4) is 0 Å². The number of nitrogens with two attached hydrogens (primary N) is 1. The fourth-order valence-electron chi connectivity index (χ4n) is 1.87. The molecule has 3 N–H and O–H groups in total. The van der Waals surface area contributed by atoms with Crippen molar-refractivity contribution >= 4 is 11.6 Å². The van der Waals surface area contributed by atoms with E-state index >= 15 is 0 Å². The summed E-state index contributed by atoms with van der Waals surface area (Å²) in [5.41, 5.74) is 7.48. The second-order valence-electron chi connectivity index (χ2n) is 4.72. The SMILES string of the molecule is Cc1cc(CNc2cccc(OCC(N)=O)c2)ccc1F. The summed E-state index contributed by atoms with van der Waals surface area (Å²) in [5, 5.41) is 3.22. The number of hydrogen-bond donors (Lipinski definition) is 2. The molecular formula is C16H17FN2O2. The van der Waals surface area contributed by atoms with E-state index in [-0.39, 0.29) is 12.4 Å². The molecule has 5 heteroatoms. The zero-order chi connectivity index (χ0) is 15.2. The van der Waals surface area contributed by atoms with E-state index in [1.165, 1.54) is 6.07 Å². The van der Waals surface area contributed by atoms with Gasteiger partial charge in [0.15, 0.2) is 6.61 Å². The van der Waals surface area contributed by atoms with Gasteiger partial charge in [-0.15, -0.1) is 0 Å². The highest BCUT2D eigenvalue weighted by Crippen LogP contribution is 2.18. The van der Waals surface area contributed by atoms with Crippen LogP contribution in [-0.4, -0.2) is 12.5 Å². The predicted molar refractivity (Wildman–Crippen MR) is 79.6 cm³/mol. The van der Waals surface area contributed by atoms with Crippen LogP contribution < -0.4 is 15.8 Å². The maximum atomic E-state index is 13.2. The van der Waals surface area contributed by atoms with Crippen LogP contribution in [0, 0.1) is 12.7 Å². The summed E-state index contributed by atoms with van der Waals surface area (Å²) < 4.78 is 18.4. The maximum absolute atomic E-state index is 13.2. The maximum Gasteiger partial charge on any atom is 0.255 e. The Morgan fingerprint density at radius 2 is 2.10 bits per heavy atom.